The van der Waals surface area contributed by atoms with Crippen LogP contribution in [0.2, 0.25) is 0 Å². The van der Waals surface area contributed by atoms with E-state index in [1.54, 1.807) is 24.3 Å². The van der Waals surface area contributed by atoms with Crippen LogP contribution in [0.1, 0.15) is 27.1 Å². The number of amides is 2. The van der Waals surface area contributed by atoms with Gasteiger partial charge in [0.05, 0.1) is 30.4 Å². The van der Waals surface area contributed by atoms with Crippen molar-refractivity contribution >= 4 is 18.1 Å². The van der Waals surface area contributed by atoms with Crippen LogP contribution in [0.3, 0.4) is 0 Å². The predicted molar refractivity (Wildman–Crippen MR) is 91.8 cm³/mol. The molecule has 1 aromatic rings. The fraction of sp³-hybridized carbons (Fsp3) is 0.211. The Balaban J connectivity index is 1.86. The Morgan fingerprint density at radius 1 is 1.16 bits per heavy atom. The van der Waals surface area contributed by atoms with E-state index in [0.717, 1.165) is 0 Å². The summed E-state index contributed by atoms with van der Waals surface area (Å²) in [5.74, 6) is -0.123. The van der Waals surface area contributed by atoms with E-state index in [1.165, 1.54) is 18.1 Å². The van der Waals surface area contributed by atoms with Crippen molar-refractivity contribution in [1.82, 2.24) is 4.90 Å². The number of allylic oxidation sites excluding steroid dienone is 2. The van der Waals surface area contributed by atoms with E-state index in [9.17, 15) is 14.4 Å². The van der Waals surface area contributed by atoms with E-state index in [0.29, 0.717) is 29.6 Å². The molecule has 0 atom stereocenters. The lowest BCUT2D eigenvalue weighted by Gasteiger charge is -2.14. The molecule has 2 amide bonds. The van der Waals surface area contributed by atoms with Gasteiger partial charge in [0.1, 0.15) is 11.5 Å². The minimum Gasteiger partial charge on any atom is -0.497 e. The number of methoxy groups -OCH3 is 1. The summed E-state index contributed by atoms with van der Waals surface area (Å²) in [6.07, 6.45) is 2.43. The molecule has 1 aliphatic rings. The van der Waals surface area contributed by atoms with Gasteiger partial charge in [0.25, 0.3) is 11.8 Å². The smallest absolute Gasteiger partial charge is 0.261 e. The zero-order chi connectivity index (χ0) is 18.4. The molecule has 0 unspecified atom stereocenters. The Kier molecular flexibility index (Phi) is 5.89. The molecule has 0 aromatic heterocycles. The number of imide groups is 1. The first-order valence-corrected chi connectivity index (χ1v) is 7.66. The second kappa shape index (κ2) is 8.10. The number of aldehydes is 1. The molecular weight excluding hydrogens is 322 g/mol. The third-order valence-electron chi connectivity index (χ3n) is 3.71. The summed E-state index contributed by atoms with van der Waals surface area (Å²) in [6, 6.07) is 6.72. The van der Waals surface area contributed by atoms with Crippen LogP contribution in [-0.2, 0) is 14.3 Å². The summed E-state index contributed by atoms with van der Waals surface area (Å²) in [5, 5.41) is 0. The van der Waals surface area contributed by atoms with Gasteiger partial charge in [0.15, 0.2) is 6.29 Å². The molecule has 1 heterocycles. The van der Waals surface area contributed by atoms with Crippen molar-refractivity contribution < 1.29 is 23.9 Å². The van der Waals surface area contributed by atoms with Crippen LogP contribution >= 0.6 is 0 Å². The third kappa shape index (κ3) is 4.03. The highest BCUT2D eigenvalue weighted by Gasteiger charge is 2.34. The molecule has 25 heavy (non-hydrogen) atoms. The number of nitrogens with zero attached hydrogens (tertiary/aromatic N) is 1. The summed E-state index contributed by atoms with van der Waals surface area (Å²) in [7, 11) is 1.44. The first kappa shape index (κ1) is 18.2. The summed E-state index contributed by atoms with van der Waals surface area (Å²) in [6.45, 7) is 7.70. The van der Waals surface area contributed by atoms with Gasteiger partial charge < -0.3 is 9.47 Å². The summed E-state index contributed by atoms with van der Waals surface area (Å²) < 4.78 is 10.3. The zero-order valence-corrected chi connectivity index (χ0v) is 14.0. The van der Waals surface area contributed by atoms with E-state index in [4.69, 9.17) is 9.47 Å². The number of fused-ring (bicyclic) bond motifs is 1. The van der Waals surface area contributed by atoms with E-state index >= 15 is 0 Å². The Morgan fingerprint density at radius 3 is 2.28 bits per heavy atom. The van der Waals surface area contributed by atoms with E-state index in [1.807, 2.05) is 0 Å². The van der Waals surface area contributed by atoms with Gasteiger partial charge in [-0.15, -0.1) is 0 Å². The maximum Gasteiger partial charge on any atom is 0.261 e. The van der Waals surface area contributed by atoms with Gasteiger partial charge in [-0.3, -0.25) is 19.3 Å². The average Bonchev–Trinajstić information content (AvgIpc) is 2.87. The second-order valence-electron chi connectivity index (χ2n) is 5.32. The topological polar surface area (TPSA) is 72.9 Å². The molecule has 0 radical (unpaired) electrons. The first-order valence-electron chi connectivity index (χ1n) is 7.66. The molecule has 0 bridgehead atoms. The number of carbonyl (C=O) groups excluding carboxylic acids is 3. The van der Waals surface area contributed by atoms with E-state index in [-0.39, 0.29) is 36.3 Å². The maximum atomic E-state index is 12.2. The molecule has 6 nitrogen and oxygen atoms in total. The van der Waals surface area contributed by atoms with Gasteiger partial charge in [0.2, 0.25) is 0 Å². The lowest BCUT2D eigenvalue weighted by Crippen LogP contribution is -2.31. The fourth-order valence-electron chi connectivity index (χ4n) is 2.36. The van der Waals surface area contributed by atoms with Crippen molar-refractivity contribution in [2.24, 2.45) is 0 Å². The normalized spacial score (nSPS) is 13.5. The van der Waals surface area contributed by atoms with Crippen LogP contribution in [0.4, 0.5) is 0 Å². The SMILES string of the molecule is C=C(/C=C(/C=O)C(=C)OCCCN1C(=O)c2ccccc2C1=O)OC. The van der Waals surface area contributed by atoms with Gasteiger partial charge in [-0.2, -0.15) is 0 Å². The molecule has 1 aliphatic heterocycles. The number of ether oxygens (including phenoxy) is 2. The van der Waals surface area contributed by atoms with Crippen LogP contribution in [0, 0.1) is 0 Å². The van der Waals surface area contributed by atoms with Crippen LogP contribution in [0.5, 0.6) is 0 Å². The molecular formula is C19H19NO5. The first-order chi connectivity index (χ1) is 12.0. The Bertz CT molecular complexity index is 728. The van der Waals surface area contributed by atoms with Crippen LogP contribution in [0.15, 0.2) is 60.6 Å². The molecule has 0 aliphatic carbocycles. The van der Waals surface area contributed by atoms with Crippen LogP contribution in [-0.4, -0.2) is 43.3 Å². The molecule has 0 saturated carbocycles. The molecule has 2 rings (SSSR count). The number of benzene rings is 1. The summed E-state index contributed by atoms with van der Waals surface area (Å²) >= 11 is 0. The van der Waals surface area contributed by atoms with Crippen molar-refractivity contribution in [2.45, 2.75) is 6.42 Å². The van der Waals surface area contributed by atoms with Gasteiger partial charge in [-0.25, -0.2) is 0 Å². The monoisotopic (exact) mass is 341 g/mol. The van der Waals surface area contributed by atoms with Gasteiger partial charge in [-0.1, -0.05) is 25.3 Å². The highest BCUT2D eigenvalue weighted by Crippen LogP contribution is 2.22. The minimum atomic E-state index is -0.302. The summed E-state index contributed by atoms with van der Waals surface area (Å²) in [5.41, 5.74) is 1.05. The van der Waals surface area contributed by atoms with Crippen LogP contribution < -0.4 is 0 Å². The van der Waals surface area contributed by atoms with Crippen molar-refractivity contribution in [2.75, 3.05) is 20.3 Å². The highest BCUT2D eigenvalue weighted by molar-refractivity contribution is 6.21. The van der Waals surface area contributed by atoms with Crippen molar-refractivity contribution in [3.05, 3.63) is 71.7 Å². The van der Waals surface area contributed by atoms with Crippen molar-refractivity contribution in [3.63, 3.8) is 0 Å². The Morgan fingerprint density at radius 2 is 1.76 bits per heavy atom. The molecule has 0 spiro atoms. The molecule has 6 heteroatoms. The average molecular weight is 341 g/mol. The summed E-state index contributed by atoms with van der Waals surface area (Å²) in [4.78, 5) is 36.7. The number of hydrogen-bond donors (Lipinski definition) is 0. The lowest BCUT2D eigenvalue weighted by molar-refractivity contribution is -0.105. The fourth-order valence-corrected chi connectivity index (χ4v) is 2.36. The number of rotatable bonds is 9. The highest BCUT2D eigenvalue weighted by atomic mass is 16.5. The zero-order valence-electron chi connectivity index (χ0n) is 14.0. The van der Waals surface area contributed by atoms with E-state index < -0.39 is 0 Å². The Hall–Kier alpha value is -3.15. The molecule has 0 N–H and O–H groups in total. The lowest BCUT2D eigenvalue weighted by atomic mass is 10.1. The minimum absolute atomic E-state index is 0.176. The maximum absolute atomic E-state index is 12.2. The Labute approximate surface area is 146 Å². The molecule has 0 saturated heterocycles. The van der Waals surface area contributed by atoms with Crippen molar-refractivity contribution in [1.29, 1.82) is 0 Å². The van der Waals surface area contributed by atoms with Gasteiger partial charge >= 0.3 is 0 Å². The largest absolute Gasteiger partial charge is 0.497 e. The van der Waals surface area contributed by atoms with Gasteiger partial charge in [0, 0.05) is 6.54 Å². The molecule has 130 valence electrons. The molecule has 1 aromatic carbocycles. The van der Waals surface area contributed by atoms with Gasteiger partial charge in [-0.05, 0) is 24.6 Å². The third-order valence-corrected chi connectivity index (χ3v) is 3.71. The standard InChI is InChI=1S/C19H19NO5/c1-13(24-3)11-15(12-21)14(2)25-10-6-9-20-18(22)16-7-4-5-8-17(16)19(20)23/h4-5,7-8,11-12H,1-2,6,9-10H2,3H3/b15-11-. The molecule has 0 fully saturated rings. The number of carbonyl (C=O) groups is 3. The quantitative estimate of drug-likeness (QED) is 0.172. The second-order valence-corrected chi connectivity index (χ2v) is 5.32. The van der Waals surface area contributed by atoms with E-state index in [2.05, 4.69) is 13.2 Å². The predicted octanol–water partition coefficient (Wildman–Crippen LogP) is 2.49. The van der Waals surface area contributed by atoms with Crippen LogP contribution in [0.25, 0.3) is 0 Å². The van der Waals surface area contributed by atoms with Crippen molar-refractivity contribution in [3.8, 4) is 0 Å². The number of hydrogen-bond acceptors (Lipinski definition) is 5.